The van der Waals surface area contributed by atoms with Crippen molar-refractivity contribution in [1.82, 2.24) is 0 Å². The molecule has 0 aliphatic rings. The number of ether oxygens (including phenoxy) is 1. The van der Waals surface area contributed by atoms with Gasteiger partial charge >= 0.3 is 0 Å². The first-order chi connectivity index (χ1) is 9.08. The minimum absolute atomic E-state index is 0.00820. The van der Waals surface area contributed by atoms with Crippen molar-refractivity contribution in [3.63, 3.8) is 0 Å². The Hall–Kier alpha value is -2.03. The number of furan rings is 1. The lowest BCUT2D eigenvalue weighted by Gasteiger charge is -2.10. The molecular weight excluding hydrogens is 240 g/mol. The molecule has 3 nitrogen and oxygen atoms in total. The van der Waals surface area contributed by atoms with Crippen molar-refractivity contribution < 1.29 is 13.9 Å². The van der Waals surface area contributed by atoms with Gasteiger partial charge in [0.2, 0.25) is 0 Å². The van der Waals surface area contributed by atoms with Crippen LogP contribution in [0.1, 0.15) is 39.7 Å². The highest BCUT2D eigenvalue weighted by Gasteiger charge is 2.18. The Morgan fingerprint density at radius 1 is 1.21 bits per heavy atom. The zero-order valence-electron chi connectivity index (χ0n) is 11.7. The third kappa shape index (κ3) is 2.41. The highest BCUT2D eigenvalue weighted by Crippen LogP contribution is 2.25. The second kappa shape index (κ2) is 5.31. The molecule has 0 N–H and O–H groups in total. The van der Waals surface area contributed by atoms with Crippen LogP contribution in [0.25, 0.3) is 0 Å². The molecule has 1 aromatic heterocycles. The molecule has 0 radical (unpaired) electrons. The lowest BCUT2D eigenvalue weighted by atomic mass is 9.96. The molecule has 0 fully saturated rings. The van der Waals surface area contributed by atoms with E-state index in [2.05, 4.69) is 0 Å². The highest BCUT2D eigenvalue weighted by molar-refractivity contribution is 6.10. The molecule has 0 atom stereocenters. The van der Waals surface area contributed by atoms with E-state index >= 15 is 0 Å². The number of aryl methyl sites for hydroxylation is 3. The summed E-state index contributed by atoms with van der Waals surface area (Å²) < 4.78 is 10.6. The van der Waals surface area contributed by atoms with E-state index in [-0.39, 0.29) is 5.78 Å². The number of rotatable bonds is 4. The summed E-state index contributed by atoms with van der Waals surface area (Å²) in [5.74, 6) is 1.55. The van der Waals surface area contributed by atoms with Crippen molar-refractivity contribution in [3.05, 3.63) is 52.5 Å². The van der Waals surface area contributed by atoms with Gasteiger partial charge in [0.15, 0.2) is 5.78 Å². The predicted octanol–water partition coefficient (Wildman–Crippen LogP) is 3.70. The summed E-state index contributed by atoms with van der Waals surface area (Å²) in [4.78, 5) is 12.6. The molecule has 100 valence electrons. The fraction of sp³-hybridized carbons (Fsp3) is 0.312. The maximum atomic E-state index is 12.6. The molecule has 0 unspecified atom stereocenters. The molecule has 0 aliphatic heterocycles. The number of carbonyl (C=O) groups is 1. The maximum Gasteiger partial charge on any atom is 0.196 e. The number of ketones is 1. The molecule has 3 heteroatoms. The van der Waals surface area contributed by atoms with Crippen LogP contribution in [0.3, 0.4) is 0 Å². The Balaban J connectivity index is 2.48. The number of hydrogen-bond acceptors (Lipinski definition) is 3. The normalized spacial score (nSPS) is 10.5. The van der Waals surface area contributed by atoms with Gasteiger partial charge in [0.05, 0.1) is 18.9 Å². The third-order valence-electron chi connectivity index (χ3n) is 3.30. The molecule has 0 amide bonds. The first kappa shape index (κ1) is 13.4. The summed E-state index contributed by atoms with van der Waals surface area (Å²) in [6.45, 7) is 5.83. The summed E-state index contributed by atoms with van der Waals surface area (Å²) in [7, 11) is 1.63. The van der Waals surface area contributed by atoms with Crippen LogP contribution in [0.4, 0.5) is 0 Å². The van der Waals surface area contributed by atoms with Crippen molar-refractivity contribution in [2.45, 2.75) is 27.2 Å². The van der Waals surface area contributed by atoms with Gasteiger partial charge in [0.25, 0.3) is 0 Å². The first-order valence-corrected chi connectivity index (χ1v) is 6.34. The zero-order valence-corrected chi connectivity index (χ0v) is 11.7. The molecule has 0 saturated carbocycles. The van der Waals surface area contributed by atoms with Gasteiger partial charge in [-0.3, -0.25) is 4.79 Å². The molecule has 0 bridgehead atoms. The zero-order chi connectivity index (χ0) is 14.0. The predicted molar refractivity (Wildman–Crippen MR) is 74.0 cm³/mol. The Labute approximate surface area is 113 Å². The van der Waals surface area contributed by atoms with Crippen LogP contribution in [0.5, 0.6) is 5.75 Å². The second-order valence-corrected chi connectivity index (χ2v) is 4.58. The molecule has 19 heavy (non-hydrogen) atoms. The molecular formula is C16H18O3. The van der Waals surface area contributed by atoms with E-state index in [1.54, 1.807) is 19.4 Å². The van der Waals surface area contributed by atoms with Gasteiger partial charge in [-0.05, 0) is 43.2 Å². The Kier molecular flexibility index (Phi) is 3.74. The minimum Gasteiger partial charge on any atom is -0.496 e. The molecule has 2 rings (SSSR count). The third-order valence-corrected chi connectivity index (χ3v) is 3.30. The largest absolute Gasteiger partial charge is 0.496 e. The monoisotopic (exact) mass is 258 g/mol. The van der Waals surface area contributed by atoms with E-state index in [1.165, 1.54) is 0 Å². The number of benzene rings is 1. The minimum atomic E-state index is 0.00820. The van der Waals surface area contributed by atoms with Crippen LogP contribution < -0.4 is 4.74 Å². The van der Waals surface area contributed by atoms with Gasteiger partial charge in [0.1, 0.15) is 11.5 Å². The fourth-order valence-electron chi connectivity index (χ4n) is 2.22. The van der Waals surface area contributed by atoms with E-state index in [9.17, 15) is 4.79 Å². The van der Waals surface area contributed by atoms with Crippen LogP contribution >= 0.6 is 0 Å². The van der Waals surface area contributed by atoms with Crippen molar-refractivity contribution >= 4 is 5.78 Å². The average Bonchev–Trinajstić information content (AvgIpc) is 2.88. The molecule has 1 aromatic carbocycles. The van der Waals surface area contributed by atoms with Crippen LogP contribution in [-0.2, 0) is 6.42 Å². The lowest BCUT2D eigenvalue weighted by Crippen LogP contribution is -2.06. The van der Waals surface area contributed by atoms with Crippen molar-refractivity contribution in [1.29, 1.82) is 0 Å². The van der Waals surface area contributed by atoms with Gasteiger partial charge in [-0.2, -0.15) is 0 Å². The second-order valence-electron chi connectivity index (χ2n) is 4.58. The molecule has 1 heterocycles. The highest BCUT2D eigenvalue weighted by atomic mass is 16.5. The molecule has 0 saturated heterocycles. The SMILES string of the molecule is CCc1occc1C(=O)c1cc(C)c(OC)cc1C. The van der Waals surface area contributed by atoms with Crippen molar-refractivity contribution in [2.75, 3.05) is 7.11 Å². The maximum absolute atomic E-state index is 12.6. The smallest absolute Gasteiger partial charge is 0.196 e. The van der Waals surface area contributed by atoms with E-state index in [0.29, 0.717) is 17.5 Å². The molecule has 2 aromatic rings. The van der Waals surface area contributed by atoms with Crippen molar-refractivity contribution in [2.24, 2.45) is 0 Å². The van der Waals surface area contributed by atoms with Gasteiger partial charge in [-0.15, -0.1) is 0 Å². The average molecular weight is 258 g/mol. The number of carbonyl (C=O) groups excluding carboxylic acids is 1. The van der Waals surface area contributed by atoms with E-state index in [0.717, 1.165) is 22.6 Å². The Bertz CT molecular complexity index is 608. The summed E-state index contributed by atoms with van der Waals surface area (Å²) in [6.07, 6.45) is 2.28. The first-order valence-electron chi connectivity index (χ1n) is 6.34. The van der Waals surface area contributed by atoms with Gasteiger partial charge in [0, 0.05) is 12.0 Å². The van der Waals surface area contributed by atoms with Crippen LogP contribution in [-0.4, -0.2) is 12.9 Å². The summed E-state index contributed by atoms with van der Waals surface area (Å²) >= 11 is 0. The summed E-state index contributed by atoms with van der Waals surface area (Å²) in [6, 6.07) is 5.51. The van der Waals surface area contributed by atoms with Gasteiger partial charge < -0.3 is 9.15 Å². The van der Waals surface area contributed by atoms with Crippen molar-refractivity contribution in [3.8, 4) is 5.75 Å². The van der Waals surface area contributed by atoms with Crippen LogP contribution in [0, 0.1) is 13.8 Å². The van der Waals surface area contributed by atoms with E-state index in [1.807, 2.05) is 32.9 Å². The number of hydrogen-bond donors (Lipinski definition) is 0. The lowest BCUT2D eigenvalue weighted by molar-refractivity contribution is 0.103. The van der Waals surface area contributed by atoms with E-state index in [4.69, 9.17) is 9.15 Å². The van der Waals surface area contributed by atoms with Gasteiger partial charge in [-0.25, -0.2) is 0 Å². The van der Waals surface area contributed by atoms with Gasteiger partial charge in [-0.1, -0.05) is 6.92 Å². The van der Waals surface area contributed by atoms with Crippen LogP contribution in [0.15, 0.2) is 28.9 Å². The van der Waals surface area contributed by atoms with Crippen LogP contribution in [0.2, 0.25) is 0 Å². The molecule has 0 spiro atoms. The fourth-order valence-corrected chi connectivity index (χ4v) is 2.22. The quantitative estimate of drug-likeness (QED) is 0.785. The Morgan fingerprint density at radius 3 is 2.58 bits per heavy atom. The number of methoxy groups -OCH3 is 1. The summed E-state index contributed by atoms with van der Waals surface area (Å²) in [5.41, 5.74) is 3.22. The Morgan fingerprint density at radius 2 is 1.95 bits per heavy atom. The standard InChI is InChI=1S/C16H18O3/c1-5-14-12(6-7-19-14)16(17)13-8-11(3)15(18-4)9-10(13)2/h6-9H,5H2,1-4H3. The summed E-state index contributed by atoms with van der Waals surface area (Å²) in [5, 5.41) is 0. The topological polar surface area (TPSA) is 39.4 Å². The van der Waals surface area contributed by atoms with E-state index < -0.39 is 0 Å². The molecule has 0 aliphatic carbocycles.